The molecule has 0 saturated carbocycles. The number of benzene rings is 2. The summed E-state index contributed by atoms with van der Waals surface area (Å²) >= 11 is 3.51. The van der Waals surface area contributed by atoms with Crippen LogP contribution in [0.1, 0.15) is 30.5 Å². The maximum Gasteiger partial charge on any atom is 0.222 e. The van der Waals surface area contributed by atoms with E-state index < -0.39 is 0 Å². The van der Waals surface area contributed by atoms with Crippen molar-refractivity contribution in [3.63, 3.8) is 0 Å². The number of hydrogen-bond acceptors (Lipinski definition) is 2. The highest BCUT2D eigenvalue weighted by Crippen LogP contribution is 2.20. The quantitative estimate of drug-likeness (QED) is 0.799. The molecule has 2 rings (SSSR count). The third-order valence-electron chi connectivity index (χ3n) is 3.53. The van der Waals surface area contributed by atoms with Gasteiger partial charge in [0.15, 0.2) is 0 Å². The van der Waals surface area contributed by atoms with Crippen LogP contribution in [0.2, 0.25) is 0 Å². The van der Waals surface area contributed by atoms with Crippen LogP contribution in [0, 0.1) is 6.92 Å². The van der Waals surface area contributed by atoms with Crippen molar-refractivity contribution in [3.05, 3.63) is 64.1 Å². The van der Waals surface area contributed by atoms with Crippen molar-refractivity contribution < 1.29 is 4.79 Å². The molecule has 0 bridgehead atoms. The van der Waals surface area contributed by atoms with Crippen LogP contribution in [0.3, 0.4) is 0 Å². The lowest BCUT2D eigenvalue weighted by molar-refractivity contribution is -0.121. The van der Waals surface area contributed by atoms with Crippen molar-refractivity contribution in [2.24, 2.45) is 0 Å². The first-order valence-electron chi connectivity index (χ1n) is 7.40. The van der Waals surface area contributed by atoms with Crippen LogP contribution in [0.5, 0.6) is 0 Å². The molecule has 2 aromatic carbocycles. The number of carbonyl (C=O) groups excluding carboxylic acids is 1. The number of carbonyl (C=O) groups is 1. The van der Waals surface area contributed by atoms with Crippen LogP contribution >= 0.6 is 15.9 Å². The summed E-state index contributed by atoms with van der Waals surface area (Å²) in [6.45, 7) is 4.66. The van der Waals surface area contributed by atoms with Gasteiger partial charge in [-0.1, -0.05) is 52.3 Å². The zero-order chi connectivity index (χ0) is 15.9. The number of halogens is 1. The number of hydrogen-bond donors (Lipinski definition) is 2. The first-order valence-corrected chi connectivity index (χ1v) is 8.20. The standard InChI is InChI=1S/C18H21BrN2O/c1-13-8-9-16(12-17(13)19)20-11-10-18(22)21-14(2)15-6-4-3-5-7-15/h3-9,12,14,20H,10-11H2,1-2H3,(H,21,22). The van der Waals surface area contributed by atoms with Crippen molar-refractivity contribution in [1.29, 1.82) is 0 Å². The van der Waals surface area contributed by atoms with E-state index in [9.17, 15) is 4.79 Å². The summed E-state index contributed by atoms with van der Waals surface area (Å²) in [4.78, 5) is 12.0. The second kappa shape index (κ2) is 7.99. The van der Waals surface area contributed by atoms with Gasteiger partial charge in [0.25, 0.3) is 0 Å². The van der Waals surface area contributed by atoms with Gasteiger partial charge in [-0.05, 0) is 37.1 Å². The summed E-state index contributed by atoms with van der Waals surface area (Å²) in [5.41, 5.74) is 3.33. The minimum Gasteiger partial charge on any atom is -0.384 e. The Hall–Kier alpha value is -1.81. The normalized spacial score (nSPS) is 11.8. The average Bonchev–Trinajstić information content (AvgIpc) is 2.51. The fraction of sp³-hybridized carbons (Fsp3) is 0.278. The molecule has 0 heterocycles. The maximum atomic E-state index is 12.0. The number of nitrogens with one attached hydrogen (secondary N) is 2. The Morgan fingerprint density at radius 3 is 2.59 bits per heavy atom. The molecule has 0 fully saturated rings. The highest BCUT2D eigenvalue weighted by Gasteiger charge is 2.08. The third kappa shape index (κ3) is 4.88. The molecular formula is C18H21BrN2O. The largest absolute Gasteiger partial charge is 0.384 e. The van der Waals surface area contributed by atoms with Gasteiger partial charge >= 0.3 is 0 Å². The van der Waals surface area contributed by atoms with E-state index in [2.05, 4.69) is 26.6 Å². The molecule has 4 heteroatoms. The Morgan fingerprint density at radius 2 is 1.91 bits per heavy atom. The zero-order valence-electron chi connectivity index (χ0n) is 12.9. The molecule has 1 amide bonds. The van der Waals surface area contributed by atoms with Crippen LogP contribution in [0.15, 0.2) is 53.0 Å². The summed E-state index contributed by atoms with van der Waals surface area (Å²) in [5.74, 6) is 0.0510. The minimum absolute atomic E-state index is 0.0298. The smallest absolute Gasteiger partial charge is 0.222 e. The number of anilines is 1. The fourth-order valence-corrected chi connectivity index (χ4v) is 2.54. The molecule has 0 aromatic heterocycles. The third-order valence-corrected chi connectivity index (χ3v) is 4.38. The fourth-order valence-electron chi connectivity index (χ4n) is 2.16. The monoisotopic (exact) mass is 360 g/mol. The van der Waals surface area contributed by atoms with Crippen LogP contribution in [0.4, 0.5) is 5.69 Å². The summed E-state index contributed by atoms with van der Waals surface area (Å²) in [6.07, 6.45) is 0.447. The van der Waals surface area contributed by atoms with E-state index in [1.165, 1.54) is 5.56 Å². The van der Waals surface area contributed by atoms with E-state index in [1.807, 2.05) is 62.4 Å². The first kappa shape index (κ1) is 16.6. The lowest BCUT2D eigenvalue weighted by Crippen LogP contribution is -2.28. The summed E-state index contributed by atoms with van der Waals surface area (Å²) < 4.78 is 1.07. The molecule has 22 heavy (non-hydrogen) atoms. The topological polar surface area (TPSA) is 41.1 Å². The molecule has 0 aliphatic rings. The number of rotatable bonds is 6. The molecule has 3 nitrogen and oxygen atoms in total. The van der Waals surface area contributed by atoms with E-state index in [0.29, 0.717) is 13.0 Å². The molecule has 0 radical (unpaired) electrons. The van der Waals surface area contributed by atoms with Crippen molar-refractivity contribution in [2.75, 3.05) is 11.9 Å². The maximum absolute atomic E-state index is 12.0. The zero-order valence-corrected chi connectivity index (χ0v) is 14.5. The predicted octanol–water partition coefficient (Wildman–Crippen LogP) is 4.44. The van der Waals surface area contributed by atoms with E-state index in [4.69, 9.17) is 0 Å². The molecule has 0 spiro atoms. The van der Waals surface area contributed by atoms with Gasteiger partial charge in [-0.2, -0.15) is 0 Å². The Bertz CT molecular complexity index is 628. The molecule has 1 atom stereocenters. The highest BCUT2D eigenvalue weighted by atomic mass is 79.9. The van der Waals surface area contributed by atoms with Gasteiger partial charge in [0.2, 0.25) is 5.91 Å². The van der Waals surface area contributed by atoms with Crippen LogP contribution in [-0.4, -0.2) is 12.5 Å². The Balaban J connectivity index is 1.77. The van der Waals surface area contributed by atoms with Crippen molar-refractivity contribution >= 4 is 27.5 Å². The molecule has 0 saturated heterocycles. The van der Waals surface area contributed by atoms with E-state index >= 15 is 0 Å². The van der Waals surface area contributed by atoms with Crippen LogP contribution in [0.25, 0.3) is 0 Å². The van der Waals surface area contributed by atoms with Gasteiger partial charge in [0.05, 0.1) is 6.04 Å². The predicted molar refractivity (Wildman–Crippen MR) is 95.0 cm³/mol. The van der Waals surface area contributed by atoms with Gasteiger partial charge < -0.3 is 10.6 Å². The summed E-state index contributed by atoms with van der Waals surface area (Å²) in [7, 11) is 0. The molecule has 116 valence electrons. The van der Waals surface area contributed by atoms with Crippen LogP contribution < -0.4 is 10.6 Å². The Kier molecular flexibility index (Phi) is 6.01. The molecule has 2 N–H and O–H groups in total. The Labute approximate surface area is 140 Å². The van der Waals surface area contributed by atoms with E-state index in [0.717, 1.165) is 15.7 Å². The first-order chi connectivity index (χ1) is 10.6. The number of amides is 1. The summed E-state index contributed by atoms with van der Waals surface area (Å²) in [6, 6.07) is 16.1. The van der Waals surface area contributed by atoms with Crippen molar-refractivity contribution in [2.45, 2.75) is 26.3 Å². The van der Waals surface area contributed by atoms with Gasteiger partial charge in [-0.3, -0.25) is 4.79 Å². The van der Waals surface area contributed by atoms with Gasteiger partial charge in [0.1, 0.15) is 0 Å². The second-order valence-electron chi connectivity index (χ2n) is 5.34. The summed E-state index contributed by atoms with van der Waals surface area (Å²) in [5, 5.41) is 6.28. The molecule has 0 aliphatic carbocycles. The van der Waals surface area contributed by atoms with Crippen molar-refractivity contribution in [1.82, 2.24) is 5.32 Å². The van der Waals surface area contributed by atoms with Gasteiger partial charge in [-0.15, -0.1) is 0 Å². The van der Waals surface area contributed by atoms with E-state index in [1.54, 1.807) is 0 Å². The Morgan fingerprint density at radius 1 is 1.18 bits per heavy atom. The van der Waals surface area contributed by atoms with Crippen LogP contribution in [-0.2, 0) is 4.79 Å². The molecule has 1 unspecified atom stereocenters. The average molecular weight is 361 g/mol. The van der Waals surface area contributed by atoms with Gasteiger partial charge in [0, 0.05) is 23.1 Å². The minimum atomic E-state index is 0.0298. The number of aryl methyl sites for hydroxylation is 1. The van der Waals surface area contributed by atoms with Gasteiger partial charge in [-0.25, -0.2) is 0 Å². The molecule has 2 aromatic rings. The second-order valence-corrected chi connectivity index (χ2v) is 6.19. The SMILES string of the molecule is Cc1ccc(NCCC(=O)NC(C)c2ccccc2)cc1Br. The lowest BCUT2D eigenvalue weighted by Gasteiger charge is -2.14. The molecular weight excluding hydrogens is 340 g/mol. The van der Waals surface area contributed by atoms with Crippen molar-refractivity contribution in [3.8, 4) is 0 Å². The van der Waals surface area contributed by atoms with E-state index in [-0.39, 0.29) is 11.9 Å². The molecule has 0 aliphatic heterocycles. The highest BCUT2D eigenvalue weighted by molar-refractivity contribution is 9.10. The lowest BCUT2D eigenvalue weighted by atomic mass is 10.1.